The molecule has 4 heteroatoms. The van der Waals surface area contributed by atoms with Gasteiger partial charge in [0.05, 0.1) is 5.69 Å². The van der Waals surface area contributed by atoms with Gasteiger partial charge in [0.2, 0.25) is 0 Å². The summed E-state index contributed by atoms with van der Waals surface area (Å²) in [5.74, 6) is 0. The van der Waals surface area contributed by atoms with Gasteiger partial charge in [-0.1, -0.05) is 12.1 Å². The summed E-state index contributed by atoms with van der Waals surface area (Å²) in [6, 6.07) is 8.18. The number of rotatable bonds is 2. The maximum atomic E-state index is 6.14. The number of nitrogens with two attached hydrogens (primary N) is 1. The van der Waals surface area contributed by atoms with E-state index < -0.39 is 0 Å². The minimum atomic E-state index is -0.0867. The molecule has 0 unspecified atom stereocenters. The average Bonchev–Trinajstić information content (AvgIpc) is 2.84. The molecule has 1 heterocycles. The Hall–Kier alpha value is -1.68. The monoisotopic (exact) mass is 200 g/mol. The van der Waals surface area contributed by atoms with Crippen molar-refractivity contribution in [2.24, 2.45) is 5.73 Å². The lowest BCUT2D eigenvalue weighted by Gasteiger charge is -2.10. The molecule has 0 amide bonds. The first kappa shape index (κ1) is 8.61. The van der Waals surface area contributed by atoms with Crippen LogP contribution in [0.15, 0.2) is 36.9 Å². The van der Waals surface area contributed by atoms with Gasteiger partial charge in [-0.15, -0.1) is 0 Å². The fourth-order valence-electron chi connectivity index (χ4n) is 1.72. The standard InChI is InChI=1S/C11H12N4/c12-11(4-5-11)9-2-1-3-10(6-9)15-8-13-7-14-15/h1-3,6-8H,4-5,12H2. The van der Waals surface area contributed by atoms with E-state index in [2.05, 4.69) is 22.2 Å². The predicted octanol–water partition coefficient (Wildman–Crippen LogP) is 1.22. The molecule has 0 atom stereocenters. The van der Waals surface area contributed by atoms with Gasteiger partial charge in [0.1, 0.15) is 12.7 Å². The average molecular weight is 200 g/mol. The number of benzene rings is 1. The molecular weight excluding hydrogens is 188 g/mol. The lowest BCUT2D eigenvalue weighted by atomic mass is 10.1. The van der Waals surface area contributed by atoms with Crippen LogP contribution in [0, 0.1) is 0 Å². The Morgan fingerprint density at radius 2 is 2.20 bits per heavy atom. The molecule has 1 saturated carbocycles. The van der Waals surface area contributed by atoms with Crippen LogP contribution in [0.3, 0.4) is 0 Å². The smallest absolute Gasteiger partial charge is 0.138 e. The second-order valence-corrected chi connectivity index (χ2v) is 4.05. The Labute approximate surface area is 87.7 Å². The van der Waals surface area contributed by atoms with Gasteiger partial charge in [-0.2, -0.15) is 5.10 Å². The van der Waals surface area contributed by atoms with Crippen LogP contribution in [-0.2, 0) is 5.54 Å². The van der Waals surface area contributed by atoms with Gasteiger partial charge in [-0.3, -0.25) is 0 Å². The van der Waals surface area contributed by atoms with Crippen LogP contribution in [-0.4, -0.2) is 14.8 Å². The summed E-state index contributed by atoms with van der Waals surface area (Å²) in [7, 11) is 0. The van der Waals surface area contributed by atoms with Crippen LogP contribution in [0.4, 0.5) is 0 Å². The second kappa shape index (κ2) is 2.90. The maximum Gasteiger partial charge on any atom is 0.138 e. The van der Waals surface area contributed by atoms with E-state index in [0.29, 0.717) is 0 Å². The minimum absolute atomic E-state index is 0.0867. The van der Waals surface area contributed by atoms with Gasteiger partial charge in [0, 0.05) is 5.54 Å². The Kier molecular flexibility index (Phi) is 1.67. The number of hydrogen-bond donors (Lipinski definition) is 1. The maximum absolute atomic E-state index is 6.14. The summed E-state index contributed by atoms with van der Waals surface area (Å²) in [6.45, 7) is 0. The molecule has 0 saturated heterocycles. The van der Waals surface area contributed by atoms with Crippen molar-refractivity contribution in [3.63, 3.8) is 0 Å². The number of nitrogens with zero attached hydrogens (tertiary/aromatic N) is 3. The highest BCUT2D eigenvalue weighted by Gasteiger charge is 2.39. The largest absolute Gasteiger partial charge is 0.321 e. The Morgan fingerprint density at radius 3 is 2.87 bits per heavy atom. The molecule has 1 aliphatic rings. The molecule has 0 aliphatic heterocycles. The van der Waals surface area contributed by atoms with Crippen LogP contribution in [0.2, 0.25) is 0 Å². The normalized spacial score (nSPS) is 17.7. The van der Waals surface area contributed by atoms with Crippen molar-refractivity contribution >= 4 is 0 Å². The lowest BCUT2D eigenvalue weighted by Crippen LogP contribution is -2.18. The highest BCUT2D eigenvalue weighted by atomic mass is 15.3. The molecule has 1 aliphatic carbocycles. The molecule has 76 valence electrons. The second-order valence-electron chi connectivity index (χ2n) is 4.05. The van der Waals surface area contributed by atoms with Crippen molar-refractivity contribution in [2.75, 3.05) is 0 Å². The van der Waals surface area contributed by atoms with Crippen LogP contribution >= 0.6 is 0 Å². The Morgan fingerprint density at radius 1 is 1.33 bits per heavy atom. The third-order valence-electron chi connectivity index (χ3n) is 2.89. The molecule has 3 rings (SSSR count). The van der Waals surface area contributed by atoms with E-state index in [1.54, 1.807) is 11.0 Å². The van der Waals surface area contributed by atoms with Gasteiger partial charge >= 0.3 is 0 Å². The van der Waals surface area contributed by atoms with E-state index in [0.717, 1.165) is 18.5 Å². The van der Waals surface area contributed by atoms with Crippen molar-refractivity contribution in [2.45, 2.75) is 18.4 Å². The van der Waals surface area contributed by atoms with E-state index in [-0.39, 0.29) is 5.54 Å². The van der Waals surface area contributed by atoms with E-state index in [4.69, 9.17) is 5.73 Å². The first-order valence-electron chi connectivity index (χ1n) is 5.02. The molecule has 2 aromatic rings. The van der Waals surface area contributed by atoms with Crippen molar-refractivity contribution in [1.29, 1.82) is 0 Å². The van der Waals surface area contributed by atoms with Crippen LogP contribution in [0.1, 0.15) is 18.4 Å². The molecule has 0 spiro atoms. The van der Waals surface area contributed by atoms with Gasteiger partial charge in [-0.25, -0.2) is 9.67 Å². The van der Waals surface area contributed by atoms with Crippen LogP contribution in [0.25, 0.3) is 5.69 Å². The fourth-order valence-corrected chi connectivity index (χ4v) is 1.72. The van der Waals surface area contributed by atoms with Gasteiger partial charge < -0.3 is 5.73 Å². The Balaban J connectivity index is 2.04. The highest BCUT2D eigenvalue weighted by Crippen LogP contribution is 2.42. The molecule has 1 aromatic heterocycles. The SMILES string of the molecule is NC1(c2cccc(-n3cncn3)c2)CC1. The summed E-state index contributed by atoms with van der Waals surface area (Å²) < 4.78 is 1.75. The molecule has 0 bridgehead atoms. The molecule has 0 radical (unpaired) electrons. The lowest BCUT2D eigenvalue weighted by molar-refractivity contribution is 0.736. The highest BCUT2D eigenvalue weighted by molar-refractivity contribution is 5.40. The van der Waals surface area contributed by atoms with Gasteiger partial charge in [0.25, 0.3) is 0 Å². The fraction of sp³-hybridized carbons (Fsp3) is 0.273. The molecular formula is C11H12N4. The molecule has 1 aromatic carbocycles. The molecule has 1 fully saturated rings. The van der Waals surface area contributed by atoms with Crippen LogP contribution < -0.4 is 5.73 Å². The van der Waals surface area contributed by atoms with Crippen molar-refractivity contribution in [3.8, 4) is 5.69 Å². The van der Waals surface area contributed by atoms with Crippen LogP contribution in [0.5, 0.6) is 0 Å². The third-order valence-corrected chi connectivity index (χ3v) is 2.89. The molecule has 2 N–H and O–H groups in total. The quantitative estimate of drug-likeness (QED) is 0.792. The first-order valence-corrected chi connectivity index (χ1v) is 5.02. The molecule has 15 heavy (non-hydrogen) atoms. The topological polar surface area (TPSA) is 56.7 Å². The number of hydrogen-bond acceptors (Lipinski definition) is 3. The number of aromatic nitrogens is 3. The minimum Gasteiger partial charge on any atom is -0.321 e. The Bertz CT molecular complexity index is 471. The first-order chi connectivity index (χ1) is 7.28. The zero-order valence-corrected chi connectivity index (χ0v) is 8.30. The predicted molar refractivity (Wildman–Crippen MR) is 56.5 cm³/mol. The zero-order valence-electron chi connectivity index (χ0n) is 8.30. The van der Waals surface area contributed by atoms with E-state index in [9.17, 15) is 0 Å². The van der Waals surface area contributed by atoms with E-state index in [1.807, 2.05) is 12.1 Å². The van der Waals surface area contributed by atoms with Gasteiger partial charge in [0.15, 0.2) is 0 Å². The van der Waals surface area contributed by atoms with Gasteiger partial charge in [-0.05, 0) is 30.5 Å². The summed E-state index contributed by atoms with van der Waals surface area (Å²) in [5, 5.41) is 4.09. The van der Waals surface area contributed by atoms with E-state index in [1.165, 1.54) is 11.9 Å². The zero-order chi connectivity index (χ0) is 10.3. The van der Waals surface area contributed by atoms with Crippen molar-refractivity contribution < 1.29 is 0 Å². The summed E-state index contributed by atoms with van der Waals surface area (Å²) >= 11 is 0. The summed E-state index contributed by atoms with van der Waals surface area (Å²) in [5.41, 5.74) is 8.26. The van der Waals surface area contributed by atoms with Crippen molar-refractivity contribution in [3.05, 3.63) is 42.5 Å². The van der Waals surface area contributed by atoms with E-state index >= 15 is 0 Å². The summed E-state index contributed by atoms with van der Waals surface area (Å²) in [6.07, 6.45) is 5.37. The van der Waals surface area contributed by atoms with Crippen molar-refractivity contribution in [1.82, 2.24) is 14.8 Å². The molecule has 4 nitrogen and oxygen atoms in total. The summed E-state index contributed by atoms with van der Waals surface area (Å²) in [4.78, 5) is 3.93. The third kappa shape index (κ3) is 1.43.